The molecule has 2 heterocycles. The first-order valence-corrected chi connectivity index (χ1v) is 10.1. The molecular formula is C17H24ClN2OP. The molecule has 1 aromatic rings. The summed E-state index contributed by atoms with van der Waals surface area (Å²) in [5.41, 5.74) is 1.30. The van der Waals surface area contributed by atoms with Crippen LogP contribution in [0.1, 0.15) is 38.5 Å². The number of para-hydroxylation sites is 1. The molecular weight excluding hydrogens is 315 g/mol. The van der Waals surface area contributed by atoms with Crippen LogP contribution in [0.2, 0.25) is 0 Å². The summed E-state index contributed by atoms with van der Waals surface area (Å²) >= 11 is 6.55. The maximum Gasteiger partial charge on any atom is 0.218 e. The standard InChI is InChI=1S/C17H24ClN2OP/c18-16-10-4-5-11-17(16)21-22-19-12-6-9-15(19)13-20(22)14-7-2-1-3-8-14/h1-3,7-8,15-17H,4-6,9-13H2/t15-,16-,17-,22?/m0/s1. The number of hydrogen-bond acceptors (Lipinski definition) is 3. The van der Waals surface area contributed by atoms with Gasteiger partial charge in [0.2, 0.25) is 8.45 Å². The topological polar surface area (TPSA) is 15.7 Å². The van der Waals surface area contributed by atoms with Gasteiger partial charge in [-0.25, -0.2) is 4.67 Å². The molecule has 1 aromatic carbocycles. The summed E-state index contributed by atoms with van der Waals surface area (Å²) in [5, 5.41) is 0.190. The second-order valence-corrected chi connectivity index (χ2v) is 8.85. The van der Waals surface area contributed by atoms with E-state index in [4.69, 9.17) is 16.1 Å². The van der Waals surface area contributed by atoms with Crippen molar-refractivity contribution in [3.63, 3.8) is 0 Å². The first-order valence-electron chi connectivity index (χ1n) is 8.53. The number of alkyl halides is 1. The maximum atomic E-state index is 6.63. The highest BCUT2D eigenvalue weighted by molar-refractivity contribution is 7.52. The predicted octanol–water partition coefficient (Wildman–Crippen LogP) is 4.76. The van der Waals surface area contributed by atoms with Gasteiger partial charge in [-0.2, -0.15) is 0 Å². The van der Waals surface area contributed by atoms with Crippen LogP contribution in [0.3, 0.4) is 0 Å². The highest BCUT2D eigenvalue weighted by Crippen LogP contribution is 2.58. The molecule has 0 aromatic heterocycles. The van der Waals surface area contributed by atoms with E-state index in [-0.39, 0.29) is 11.5 Å². The van der Waals surface area contributed by atoms with E-state index in [9.17, 15) is 0 Å². The number of hydrogen-bond donors (Lipinski definition) is 0. The van der Waals surface area contributed by atoms with Gasteiger partial charge in [-0.05, 0) is 37.8 Å². The Balaban J connectivity index is 1.55. The van der Waals surface area contributed by atoms with Crippen molar-refractivity contribution in [1.82, 2.24) is 4.67 Å². The number of benzene rings is 1. The fourth-order valence-corrected chi connectivity index (χ4v) is 6.70. The van der Waals surface area contributed by atoms with Crippen LogP contribution in [0.25, 0.3) is 0 Å². The summed E-state index contributed by atoms with van der Waals surface area (Å²) in [6.45, 7) is 2.29. The molecule has 1 unspecified atom stereocenters. The van der Waals surface area contributed by atoms with Gasteiger partial charge in [-0.15, -0.1) is 11.6 Å². The SMILES string of the molecule is Cl[C@H]1CCCC[C@@H]1OP1N(c2ccccc2)C[C@@H]2CCCN21. The van der Waals surface area contributed by atoms with Gasteiger partial charge in [0.25, 0.3) is 0 Å². The second-order valence-electron chi connectivity index (χ2n) is 6.57. The van der Waals surface area contributed by atoms with Crippen LogP contribution in [0.4, 0.5) is 5.69 Å². The molecule has 1 aliphatic carbocycles. The van der Waals surface area contributed by atoms with Gasteiger partial charge < -0.3 is 9.19 Å². The highest BCUT2D eigenvalue weighted by atomic mass is 35.5. The third-order valence-electron chi connectivity index (χ3n) is 5.06. The Labute approximate surface area is 139 Å². The molecule has 4 rings (SSSR count). The van der Waals surface area contributed by atoms with E-state index in [1.165, 1.54) is 37.9 Å². The summed E-state index contributed by atoms with van der Waals surface area (Å²) in [7, 11) is -0.692. The Hall–Kier alpha value is -0.340. The quantitative estimate of drug-likeness (QED) is 0.583. The number of rotatable bonds is 3. The van der Waals surface area contributed by atoms with Crippen molar-refractivity contribution in [2.45, 2.75) is 56.0 Å². The third kappa shape index (κ3) is 2.89. The monoisotopic (exact) mass is 338 g/mol. The molecule has 120 valence electrons. The molecule has 3 fully saturated rings. The zero-order valence-electron chi connectivity index (χ0n) is 12.9. The summed E-state index contributed by atoms with van der Waals surface area (Å²) < 4.78 is 11.7. The van der Waals surface area contributed by atoms with Crippen molar-refractivity contribution in [1.29, 1.82) is 0 Å². The van der Waals surface area contributed by atoms with Crippen LogP contribution in [0, 0.1) is 0 Å². The molecule has 3 aliphatic rings. The van der Waals surface area contributed by atoms with E-state index in [0.717, 1.165) is 19.4 Å². The van der Waals surface area contributed by atoms with Crippen molar-refractivity contribution < 1.29 is 4.52 Å². The average molecular weight is 339 g/mol. The molecule has 0 spiro atoms. The molecule has 0 bridgehead atoms. The number of nitrogens with zero attached hydrogens (tertiary/aromatic N) is 2. The minimum absolute atomic E-state index is 0.190. The van der Waals surface area contributed by atoms with Crippen LogP contribution < -0.4 is 4.67 Å². The van der Waals surface area contributed by atoms with Crippen molar-refractivity contribution in [3.8, 4) is 0 Å². The molecule has 2 saturated heterocycles. The molecule has 4 atom stereocenters. The Morgan fingerprint density at radius 3 is 2.68 bits per heavy atom. The zero-order chi connectivity index (χ0) is 14.9. The van der Waals surface area contributed by atoms with Crippen LogP contribution in [0.15, 0.2) is 30.3 Å². The molecule has 0 radical (unpaired) electrons. The minimum Gasteiger partial charge on any atom is -0.322 e. The maximum absolute atomic E-state index is 6.63. The molecule has 1 saturated carbocycles. The van der Waals surface area contributed by atoms with E-state index < -0.39 is 8.45 Å². The minimum atomic E-state index is -0.692. The van der Waals surface area contributed by atoms with Gasteiger partial charge in [-0.3, -0.25) is 0 Å². The molecule has 5 heteroatoms. The number of halogens is 1. The lowest BCUT2D eigenvalue weighted by molar-refractivity contribution is 0.166. The molecule has 2 aliphatic heterocycles. The zero-order valence-corrected chi connectivity index (χ0v) is 14.6. The van der Waals surface area contributed by atoms with Crippen LogP contribution in [0.5, 0.6) is 0 Å². The van der Waals surface area contributed by atoms with Crippen molar-refractivity contribution in [3.05, 3.63) is 30.3 Å². The fraction of sp³-hybridized carbons (Fsp3) is 0.647. The Kier molecular flexibility index (Phi) is 4.59. The third-order valence-corrected chi connectivity index (χ3v) is 7.79. The molecule has 0 N–H and O–H groups in total. The van der Waals surface area contributed by atoms with Gasteiger partial charge in [0.15, 0.2) is 0 Å². The van der Waals surface area contributed by atoms with Crippen molar-refractivity contribution in [2.75, 3.05) is 17.8 Å². The van der Waals surface area contributed by atoms with Crippen LogP contribution >= 0.6 is 20.1 Å². The lowest BCUT2D eigenvalue weighted by atomic mass is 9.97. The van der Waals surface area contributed by atoms with E-state index in [0.29, 0.717) is 6.04 Å². The molecule has 22 heavy (non-hydrogen) atoms. The van der Waals surface area contributed by atoms with Gasteiger partial charge in [0.1, 0.15) is 0 Å². The lowest BCUT2D eigenvalue weighted by Gasteiger charge is -2.35. The van der Waals surface area contributed by atoms with Gasteiger partial charge in [0.05, 0.1) is 11.5 Å². The summed E-state index contributed by atoms with van der Waals surface area (Å²) in [4.78, 5) is 0. The first-order chi connectivity index (χ1) is 10.8. The van der Waals surface area contributed by atoms with Crippen molar-refractivity contribution >= 4 is 25.7 Å². The average Bonchev–Trinajstić information content (AvgIpc) is 3.13. The van der Waals surface area contributed by atoms with E-state index >= 15 is 0 Å². The van der Waals surface area contributed by atoms with Crippen LogP contribution in [-0.4, -0.2) is 35.3 Å². The van der Waals surface area contributed by atoms with E-state index in [1.807, 2.05) is 0 Å². The highest BCUT2D eigenvalue weighted by Gasteiger charge is 2.45. The predicted molar refractivity (Wildman–Crippen MR) is 93.4 cm³/mol. The summed E-state index contributed by atoms with van der Waals surface area (Å²) in [6.07, 6.45) is 7.57. The van der Waals surface area contributed by atoms with Crippen LogP contribution in [-0.2, 0) is 4.52 Å². The Morgan fingerprint density at radius 1 is 1.05 bits per heavy atom. The van der Waals surface area contributed by atoms with Gasteiger partial charge >= 0.3 is 0 Å². The molecule has 3 nitrogen and oxygen atoms in total. The van der Waals surface area contributed by atoms with Gasteiger partial charge in [-0.1, -0.05) is 31.0 Å². The number of anilines is 1. The summed E-state index contributed by atoms with van der Waals surface area (Å²) in [6, 6.07) is 11.4. The van der Waals surface area contributed by atoms with Crippen molar-refractivity contribution in [2.24, 2.45) is 0 Å². The van der Waals surface area contributed by atoms with E-state index in [2.05, 4.69) is 39.7 Å². The smallest absolute Gasteiger partial charge is 0.218 e. The first kappa shape index (κ1) is 15.2. The van der Waals surface area contributed by atoms with E-state index in [1.54, 1.807) is 0 Å². The largest absolute Gasteiger partial charge is 0.322 e. The molecule has 0 amide bonds. The normalized spacial score (nSPS) is 35.8. The van der Waals surface area contributed by atoms with Gasteiger partial charge in [0, 0.05) is 24.8 Å². The number of fused-ring (bicyclic) bond motifs is 1. The summed E-state index contributed by atoms with van der Waals surface area (Å²) in [5.74, 6) is 0. The Morgan fingerprint density at radius 2 is 1.86 bits per heavy atom. The second kappa shape index (κ2) is 6.65. The Bertz CT molecular complexity index is 503. The fourth-order valence-electron chi connectivity index (χ4n) is 3.85. The lowest BCUT2D eigenvalue weighted by Crippen LogP contribution is -2.30.